The summed E-state index contributed by atoms with van der Waals surface area (Å²) < 4.78 is 8.47. The molecule has 0 N–H and O–H groups in total. The Labute approximate surface area is 322 Å². The zero-order valence-electron chi connectivity index (χ0n) is 30.2. The van der Waals surface area contributed by atoms with Crippen LogP contribution in [0.15, 0.2) is 199 Å². The molecule has 0 aliphatic heterocycles. The summed E-state index contributed by atoms with van der Waals surface area (Å²) in [6, 6.07) is 67.5. The lowest BCUT2D eigenvalue weighted by Gasteiger charge is -2.12. The highest BCUT2D eigenvalue weighted by molar-refractivity contribution is 6.13. The molecule has 0 aliphatic carbocycles. The van der Waals surface area contributed by atoms with Gasteiger partial charge < -0.3 is 4.42 Å². The molecule has 0 unspecified atom stereocenters. The van der Waals surface area contributed by atoms with Gasteiger partial charge in [-0.2, -0.15) is 9.97 Å². The third-order valence-electron chi connectivity index (χ3n) is 10.7. The summed E-state index contributed by atoms with van der Waals surface area (Å²) in [4.78, 5) is 15.7. The average molecular weight is 717 g/mol. The fourth-order valence-electron chi connectivity index (χ4n) is 8.01. The molecule has 0 aliphatic rings. The van der Waals surface area contributed by atoms with Crippen LogP contribution in [0.3, 0.4) is 0 Å². The van der Waals surface area contributed by atoms with E-state index in [4.69, 9.17) is 19.4 Å². The van der Waals surface area contributed by atoms with E-state index < -0.39 is 0 Å². The fraction of sp³-hybridized carbons (Fsp3) is 0. The van der Waals surface area contributed by atoms with Crippen molar-refractivity contribution in [3.8, 4) is 62.1 Å². The minimum Gasteiger partial charge on any atom is -0.456 e. The Morgan fingerprint density at radius 2 is 0.857 bits per heavy atom. The van der Waals surface area contributed by atoms with E-state index in [9.17, 15) is 0 Å². The summed E-state index contributed by atoms with van der Waals surface area (Å²) in [5, 5.41) is 4.44. The third-order valence-corrected chi connectivity index (χ3v) is 10.7. The summed E-state index contributed by atoms with van der Waals surface area (Å²) in [6.07, 6.45) is 0. The number of fused-ring (bicyclic) bond motifs is 6. The van der Waals surface area contributed by atoms with Crippen LogP contribution in [0.5, 0.6) is 0 Å². The predicted molar refractivity (Wildman–Crippen MR) is 229 cm³/mol. The Bertz CT molecular complexity index is 3140. The van der Waals surface area contributed by atoms with E-state index in [1.165, 1.54) is 0 Å². The number of rotatable bonds is 6. The minimum absolute atomic E-state index is 0.553. The maximum atomic E-state index is 6.26. The van der Waals surface area contributed by atoms with Crippen LogP contribution >= 0.6 is 0 Å². The Hall–Kier alpha value is -7.63. The van der Waals surface area contributed by atoms with Crippen molar-refractivity contribution in [3.05, 3.63) is 194 Å². The molecule has 0 saturated carbocycles. The van der Waals surface area contributed by atoms with Gasteiger partial charge in [0.2, 0.25) is 5.95 Å². The monoisotopic (exact) mass is 716 g/mol. The minimum atomic E-state index is 0.553. The van der Waals surface area contributed by atoms with Gasteiger partial charge in [0.1, 0.15) is 11.2 Å². The number of nitrogens with zero attached hydrogens (tertiary/aromatic N) is 4. The standard InChI is InChI=1S/C51H32N4O/c1-4-14-33(15-5-1)36-26-28-41-42-29-27-37(34-16-6-2-7-17-34)32-45(42)55(44(41)31-36)51-53-49(35-18-8-3-9-19-35)52-50(54-51)39-21-12-20-38(30-39)40-23-13-25-47-48(40)43-22-10-11-24-46(43)56-47/h1-32H. The molecule has 0 radical (unpaired) electrons. The second kappa shape index (κ2) is 13.0. The number of benzene rings is 8. The van der Waals surface area contributed by atoms with Gasteiger partial charge in [0, 0.05) is 32.7 Å². The molecule has 56 heavy (non-hydrogen) atoms. The van der Waals surface area contributed by atoms with Gasteiger partial charge in [-0.1, -0.05) is 164 Å². The number of hydrogen-bond acceptors (Lipinski definition) is 4. The van der Waals surface area contributed by atoms with E-state index in [0.717, 1.165) is 88.3 Å². The van der Waals surface area contributed by atoms with Crippen molar-refractivity contribution in [3.63, 3.8) is 0 Å². The molecular weight excluding hydrogens is 685 g/mol. The van der Waals surface area contributed by atoms with Crippen molar-refractivity contribution in [1.82, 2.24) is 19.5 Å². The van der Waals surface area contributed by atoms with Gasteiger partial charge in [-0.25, -0.2) is 4.98 Å². The molecule has 3 heterocycles. The van der Waals surface area contributed by atoms with Gasteiger partial charge >= 0.3 is 0 Å². The number of aromatic nitrogens is 4. The molecule has 5 heteroatoms. The SMILES string of the molecule is c1ccc(-c2ccc3c4ccc(-c5ccccc5)cc4n(-c4nc(-c5ccccc5)nc(-c5cccc(-c6cccc7oc8ccccc8c67)c5)n4)c3c2)cc1. The largest absolute Gasteiger partial charge is 0.456 e. The fourth-order valence-corrected chi connectivity index (χ4v) is 8.01. The maximum absolute atomic E-state index is 6.26. The van der Waals surface area contributed by atoms with E-state index in [1.54, 1.807) is 0 Å². The highest BCUT2D eigenvalue weighted by atomic mass is 16.3. The highest BCUT2D eigenvalue weighted by Crippen LogP contribution is 2.39. The molecule has 0 fully saturated rings. The number of para-hydroxylation sites is 1. The van der Waals surface area contributed by atoms with E-state index >= 15 is 0 Å². The summed E-state index contributed by atoms with van der Waals surface area (Å²) in [7, 11) is 0. The molecule has 11 rings (SSSR count). The number of hydrogen-bond donors (Lipinski definition) is 0. The molecule has 0 atom stereocenters. The first-order valence-corrected chi connectivity index (χ1v) is 18.8. The molecule has 0 bridgehead atoms. The first-order valence-electron chi connectivity index (χ1n) is 18.8. The van der Waals surface area contributed by atoms with Crippen molar-refractivity contribution in [2.45, 2.75) is 0 Å². The third kappa shape index (κ3) is 5.37. The van der Waals surface area contributed by atoms with E-state index in [2.05, 4.69) is 150 Å². The number of furan rings is 1. The quantitative estimate of drug-likeness (QED) is 0.172. The average Bonchev–Trinajstić information content (AvgIpc) is 3.82. The van der Waals surface area contributed by atoms with Gasteiger partial charge in [0.15, 0.2) is 11.6 Å². The highest BCUT2D eigenvalue weighted by Gasteiger charge is 2.20. The van der Waals surface area contributed by atoms with E-state index in [-0.39, 0.29) is 0 Å². The van der Waals surface area contributed by atoms with Gasteiger partial charge in [-0.3, -0.25) is 4.57 Å². The summed E-state index contributed by atoms with van der Waals surface area (Å²) in [5.41, 5.74) is 12.3. The molecule has 0 spiro atoms. The van der Waals surface area contributed by atoms with Gasteiger partial charge in [-0.05, 0) is 63.7 Å². The van der Waals surface area contributed by atoms with Crippen molar-refractivity contribution in [2.75, 3.05) is 0 Å². The lowest BCUT2D eigenvalue weighted by atomic mass is 9.98. The first kappa shape index (κ1) is 31.9. The van der Waals surface area contributed by atoms with Crippen LogP contribution in [0.1, 0.15) is 0 Å². The van der Waals surface area contributed by atoms with E-state index in [0.29, 0.717) is 17.6 Å². The van der Waals surface area contributed by atoms with Crippen LogP contribution in [0.25, 0.3) is 106 Å². The van der Waals surface area contributed by atoms with Crippen molar-refractivity contribution in [1.29, 1.82) is 0 Å². The normalized spacial score (nSPS) is 11.6. The van der Waals surface area contributed by atoms with Gasteiger partial charge in [0.05, 0.1) is 11.0 Å². The maximum Gasteiger partial charge on any atom is 0.238 e. The lowest BCUT2D eigenvalue weighted by Crippen LogP contribution is -2.06. The molecule has 0 amide bonds. The van der Waals surface area contributed by atoms with Crippen LogP contribution in [0, 0.1) is 0 Å². The van der Waals surface area contributed by atoms with E-state index in [1.807, 2.05) is 48.5 Å². The predicted octanol–water partition coefficient (Wildman–Crippen LogP) is 13.2. The summed E-state index contributed by atoms with van der Waals surface area (Å²) in [5.74, 6) is 1.75. The zero-order valence-corrected chi connectivity index (χ0v) is 30.2. The van der Waals surface area contributed by atoms with Crippen molar-refractivity contribution < 1.29 is 4.42 Å². The van der Waals surface area contributed by atoms with Crippen LogP contribution in [0.2, 0.25) is 0 Å². The molecule has 262 valence electrons. The van der Waals surface area contributed by atoms with Crippen LogP contribution < -0.4 is 0 Å². The topological polar surface area (TPSA) is 56.7 Å². The van der Waals surface area contributed by atoms with Gasteiger partial charge in [-0.15, -0.1) is 0 Å². The molecular formula is C51H32N4O. The van der Waals surface area contributed by atoms with Crippen LogP contribution in [-0.4, -0.2) is 19.5 Å². The zero-order chi connectivity index (χ0) is 37.0. The second-order valence-corrected chi connectivity index (χ2v) is 14.0. The second-order valence-electron chi connectivity index (χ2n) is 14.0. The first-order chi connectivity index (χ1) is 27.7. The molecule has 11 aromatic rings. The van der Waals surface area contributed by atoms with Crippen LogP contribution in [0.4, 0.5) is 0 Å². The Morgan fingerprint density at radius 3 is 1.52 bits per heavy atom. The van der Waals surface area contributed by atoms with Crippen molar-refractivity contribution in [2.24, 2.45) is 0 Å². The molecule has 8 aromatic carbocycles. The Morgan fingerprint density at radius 1 is 0.339 bits per heavy atom. The molecule has 3 aromatic heterocycles. The smallest absolute Gasteiger partial charge is 0.238 e. The Balaban J connectivity index is 1.16. The molecule has 5 nitrogen and oxygen atoms in total. The lowest BCUT2D eigenvalue weighted by molar-refractivity contribution is 0.669. The Kier molecular flexibility index (Phi) is 7.42. The molecule has 0 saturated heterocycles. The summed E-state index contributed by atoms with van der Waals surface area (Å²) in [6.45, 7) is 0. The van der Waals surface area contributed by atoms with Crippen LogP contribution in [-0.2, 0) is 0 Å². The summed E-state index contributed by atoms with van der Waals surface area (Å²) >= 11 is 0. The van der Waals surface area contributed by atoms with Crippen molar-refractivity contribution >= 4 is 43.7 Å². The van der Waals surface area contributed by atoms with Gasteiger partial charge in [0.25, 0.3) is 0 Å².